The summed E-state index contributed by atoms with van der Waals surface area (Å²) in [5.41, 5.74) is 3.44. The highest BCUT2D eigenvalue weighted by Gasteiger charge is 2.32. The fraction of sp³-hybridized carbons (Fsp3) is 0.227. The van der Waals surface area contributed by atoms with E-state index in [0.29, 0.717) is 0 Å². The molecule has 4 heteroatoms. The van der Waals surface area contributed by atoms with Crippen LogP contribution in [0.1, 0.15) is 27.6 Å². The van der Waals surface area contributed by atoms with Crippen LogP contribution in [-0.4, -0.2) is 24.0 Å². The quantitative estimate of drug-likeness (QED) is 0.677. The molecule has 0 saturated carbocycles. The average Bonchev–Trinajstić information content (AvgIpc) is 3.16. The van der Waals surface area contributed by atoms with Gasteiger partial charge in [-0.05, 0) is 47.5 Å². The Hall–Kier alpha value is -2.59. The normalized spacial score (nSPS) is 16.2. The van der Waals surface area contributed by atoms with Gasteiger partial charge in [0.15, 0.2) is 6.61 Å². The second-order valence-electron chi connectivity index (χ2n) is 6.50. The molecule has 0 fully saturated rings. The van der Waals surface area contributed by atoms with Crippen LogP contribution in [0.4, 0.5) is 0 Å². The van der Waals surface area contributed by atoms with E-state index in [2.05, 4.69) is 23.6 Å². The minimum atomic E-state index is -0.0285. The number of carbonyl (C=O) groups excluding carboxylic acids is 1. The zero-order valence-electron chi connectivity index (χ0n) is 14.7. The summed E-state index contributed by atoms with van der Waals surface area (Å²) in [6.45, 7) is 2.78. The molecule has 4 rings (SSSR count). The number of hydrogen-bond donors (Lipinski definition) is 0. The maximum absolute atomic E-state index is 13.0. The molecule has 0 N–H and O–H groups in total. The number of amides is 1. The number of aryl methyl sites for hydroxylation is 1. The van der Waals surface area contributed by atoms with Gasteiger partial charge in [0.05, 0.1) is 6.04 Å². The fourth-order valence-corrected chi connectivity index (χ4v) is 4.42. The van der Waals surface area contributed by atoms with E-state index >= 15 is 0 Å². The minimum Gasteiger partial charge on any atom is -0.484 e. The molecule has 0 saturated heterocycles. The van der Waals surface area contributed by atoms with Gasteiger partial charge in [-0.1, -0.05) is 48.5 Å². The van der Waals surface area contributed by atoms with E-state index in [1.165, 1.54) is 10.4 Å². The SMILES string of the molecule is Cc1ccccc1OCC(=O)N1CCc2sccc2[C@H]1c1ccccc1. The van der Waals surface area contributed by atoms with Crippen LogP contribution < -0.4 is 4.74 Å². The summed E-state index contributed by atoms with van der Waals surface area (Å²) < 4.78 is 5.82. The van der Waals surface area contributed by atoms with E-state index in [1.807, 2.05) is 54.3 Å². The maximum atomic E-state index is 13.0. The highest BCUT2D eigenvalue weighted by atomic mass is 32.1. The molecule has 1 aliphatic heterocycles. The van der Waals surface area contributed by atoms with Crippen molar-refractivity contribution in [1.82, 2.24) is 4.90 Å². The third kappa shape index (κ3) is 3.25. The molecule has 1 aromatic heterocycles. The van der Waals surface area contributed by atoms with E-state index in [9.17, 15) is 4.79 Å². The van der Waals surface area contributed by atoms with Gasteiger partial charge in [0.25, 0.3) is 5.91 Å². The van der Waals surface area contributed by atoms with Crippen LogP contribution in [0.5, 0.6) is 5.75 Å². The summed E-state index contributed by atoms with van der Waals surface area (Å²) in [5.74, 6) is 0.796. The van der Waals surface area contributed by atoms with Gasteiger partial charge in [-0.25, -0.2) is 0 Å². The molecule has 0 spiro atoms. The molecule has 3 aromatic rings. The molecule has 3 nitrogen and oxygen atoms in total. The van der Waals surface area contributed by atoms with Crippen LogP contribution in [0.3, 0.4) is 0 Å². The van der Waals surface area contributed by atoms with Gasteiger partial charge in [-0.3, -0.25) is 4.79 Å². The topological polar surface area (TPSA) is 29.5 Å². The van der Waals surface area contributed by atoms with Crippen LogP contribution >= 0.6 is 11.3 Å². The lowest BCUT2D eigenvalue weighted by Crippen LogP contribution is -2.42. The lowest BCUT2D eigenvalue weighted by Gasteiger charge is -2.36. The van der Waals surface area contributed by atoms with E-state index < -0.39 is 0 Å². The molecular weight excluding hydrogens is 342 g/mol. The number of ether oxygens (including phenoxy) is 1. The van der Waals surface area contributed by atoms with Gasteiger partial charge in [0, 0.05) is 11.4 Å². The van der Waals surface area contributed by atoms with Crippen LogP contribution in [0.15, 0.2) is 66.0 Å². The molecule has 2 aromatic carbocycles. The number of hydrogen-bond acceptors (Lipinski definition) is 3. The molecular formula is C22H21NO2S. The highest BCUT2D eigenvalue weighted by molar-refractivity contribution is 7.10. The summed E-state index contributed by atoms with van der Waals surface area (Å²) in [4.78, 5) is 16.3. The van der Waals surface area contributed by atoms with Crippen molar-refractivity contribution in [3.05, 3.63) is 87.6 Å². The van der Waals surface area contributed by atoms with Crippen molar-refractivity contribution in [1.29, 1.82) is 0 Å². The van der Waals surface area contributed by atoms with Crippen molar-refractivity contribution in [3.8, 4) is 5.75 Å². The smallest absolute Gasteiger partial charge is 0.261 e. The number of carbonyl (C=O) groups is 1. The van der Waals surface area contributed by atoms with Crippen molar-refractivity contribution in [3.63, 3.8) is 0 Å². The van der Waals surface area contributed by atoms with Crippen LogP contribution in [-0.2, 0) is 11.2 Å². The largest absolute Gasteiger partial charge is 0.484 e. The lowest BCUT2D eigenvalue weighted by atomic mass is 9.93. The highest BCUT2D eigenvalue weighted by Crippen LogP contribution is 2.37. The molecule has 0 unspecified atom stereocenters. The van der Waals surface area contributed by atoms with Crippen LogP contribution in [0.25, 0.3) is 0 Å². The second kappa shape index (κ2) is 7.34. The van der Waals surface area contributed by atoms with Crippen LogP contribution in [0.2, 0.25) is 0 Å². The summed E-state index contributed by atoms with van der Waals surface area (Å²) in [5, 5.41) is 2.12. The number of benzene rings is 2. The molecule has 1 aliphatic rings. The number of thiophene rings is 1. The molecule has 0 aliphatic carbocycles. The first-order valence-electron chi connectivity index (χ1n) is 8.83. The summed E-state index contributed by atoms with van der Waals surface area (Å²) in [7, 11) is 0. The van der Waals surface area contributed by atoms with Gasteiger partial charge in [-0.15, -0.1) is 11.3 Å². The van der Waals surface area contributed by atoms with Crippen molar-refractivity contribution >= 4 is 17.2 Å². The predicted molar refractivity (Wildman–Crippen MR) is 105 cm³/mol. The predicted octanol–water partition coefficient (Wildman–Crippen LogP) is 4.61. The number of fused-ring (bicyclic) bond motifs is 1. The van der Waals surface area contributed by atoms with Gasteiger partial charge < -0.3 is 9.64 Å². The third-order valence-electron chi connectivity index (χ3n) is 4.85. The molecule has 0 bridgehead atoms. The first kappa shape index (κ1) is 16.9. The zero-order valence-corrected chi connectivity index (χ0v) is 15.5. The van der Waals surface area contributed by atoms with Gasteiger partial charge >= 0.3 is 0 Å². The zero-order chi connectivity index (χ0) is 17.9. The van der Waals surface area contributed by atoms with E-state index in [-0.39, 0.29) is 18.6 Å². The van der Waals surface area contributed by atoms with Crippen molar-refractivity contribution in [2.75, 3.05) is 13.2 Å². The number of para-hydroxylation sites is 1. The Kier molecular flexibility index (Phi) is 4.76. The van der Waals surface area contributed by atoms with Gasteiger partial charge in [0.1, 0.15) is 5.75 Å². The van der Waals surface area contributed by atoms with E-state index in [0.717, 1.165) is 29.8 Å². The Balaban J connectivity index is 1.58. The Labute approximate surface area is 157 Å². The number of rotatable bonds is 4. The summed E-state index contributed by atoms with van der Waals surface area (Å²) in [6.07, 6.45) is 0.909. The fourth-order valence-electron chi connectivity index (χ4n) is 3.52. The molecule has 1 amide bonds. The van der Waals surface area contributed by atoms with Crippen LogP contribution in [0, 0.1) is 6.92 Å². The van der Waals surface area contributed by atoms with Crippen molar-refractivity contribution < 1.29 is 9.53 Å². The summed E-state index contributed by atoms with van der Waals surface area (Å²) in [6, 6.07) is 20.2. The number of nitrogens with zero attached hydrogens (tertiary/aromatic N) is 1. The Morgan fingerprint density at radius 3 is 2.69 bits per heavy atom. The Bertz CT molecular complexity index is 903. The summed E-state index contributed by atoms with van der Waals surface area (Å²) >= 11 is 1.78. The molecule has 0 radical (unpaired) electrons. The van der Waals surface area contributed by atoms with E-state index in [4.69, 9.17) is 4.74 Å². The standard InChI is InChI=1S/C22H21NO2S/c1-16-7-5-6-10-19(16)25-15-21(24)23-13-11-20-18(12-14-26-20)22(23)17-8-3-2-4-9-17/h2-10,12,14,22H,11,13,15H2,1H3/t22-/m1/s1. The minimum absolute atomic E-state index is 0.0268. The second-order valence-corrected chi connectivity index (χ2v) is 7.50. The molecule has 2 heterocycles. The Morgan fingerprint density at radius 1 is 1.12 bits per heavy atom. The molecule has 26 heavy (non-hydrogen) atoms. The van der Waals surface area contributed by atoms with E-state index in [1.54, 1.807) is 11.3 Å². The maximum Gasteiger partial charge on any atom is 0.261 e. The molecule has 132 valence electrons. The van der Waals surface area contributed by atoms with Crippen molar-refractivity contribution in [2.24, 2.45) is 0 Å². The first-order valence-corrected chi connectivity index (χ1v) is 9.71. The Morgan fingerprint density at radius 2 is 1.88 bits per heavy atom. The van der Waals surface area contributed by atoms with Gasteiger partial charge in [0.2, 0.25) is 0 Å². The third-order valence-corrected chi connectivity index (χ3v) is 5.84. The van der Waals surface area contributed by atoms with Gasteiger partial charge in [-0.2, -0.15) is 0 Å². The average molecular weight is 363 g/mol. The monoisotopic (exact) mass is 363 g/mol. The lowest BCUT2D eigenvalue weighted by molar-refractivity contribution is -0.135. The molecule has 1 atom stereocenters. The van der Waals surface area contributed by atoms with Crippen molar-refractivity contribution in [2.45, 2.75) is 19.4 Å². The first-order chi connectivity index (χ1) is 12.7.